The van der Waals surface area contributed by atoms with Gasteiger partial charge in [-0.15, -0.1) is 0 Å². The molecule has 2 aromatic heterocycles. The van der Waals surface area contributed by atoms with E-state index in [-0.39, 0.29) is 0 Å². The third-order valence-electron chi connectivity index (χ3n) is 10.7. The molecule has 0 unspecified atom stereocenters. The fourth-order valence-corrected chi connectivity index (χ4v) is 8.10. The summed E-state index contributed by atoms with van der Waals surface area (Å²) < 4.78 is 6.28. The zero-order valence-electron chi connectivity index (χ0n) is 29.6. The van der Waals surface area contributed by atoms with E-state index in [0.717, 1.165) is 55.3 Å². The van der Waals surface area contributed by atoms with Crippen molar-refractivity contribution in [2.45, 2.75) is 0 Å². The third kappa shape index (κ3) is 5.26. The molecule has 0 amide bonds. The van der Waals surface area contributed by atoms with Crippen LogP contribution in [-0.4, -0.2) is 15.0 Å². The minimum absolute atomic E-state index is 0.596. The molecule has 0 aliphatic heterocycles. The monoisotopic (exact) mass is 701 g/mol. The fourth-order valence-electron chi connectivity index (χ4n) is 8.10. The fraction of sp³-hybridized carbons (Fsp3) is 0. The number of rotatable bonds is 5. The summed E-state index contributed by atoms with van der Waals surface area (Å²) in [4.78, 5) is 15.5. The van der Waals surface area contributed by atoms with E-state index < -0.39 is 0 Å². The SMILES string of the molecule is c1ccc(-c2cccc(-c3nc(-c4ccc(-c5c6ccccc6cc6c5ccc5ccccc56)cc4)nc(-c4cccc5oc6ccccc6c45)n3)c2)cc1. The van der Waals surface area contributed by atoms with Gasteiger partial charge in [0.25, 0.3) is 0 Å². The van der Waals surface area contributed by atoms with Gasteiger partial charge in [-0.2, -0.15) is 0 Å². The lowest BCUT2D eigenvalue weighted by Crippen LogP contribution is -2.00. The van der Waals surface area contributed by atoms with E-state index in [2.05, 4.69) is 152 Å². The highest BCUT2D eigenvalue weighted by Crippen LogP contribution is 2.41. The standard InChI is InChI=1S/C51H31N3O/c1-2-12-32(13-3-1)36-16-10-17-38(30-36)50-52-49(53-51(54-50)43-21-11-23-46-48(43)42-20-8-9-22-45(42)55-46)35-26-24-34(25-27-35)47-40-19-7-5-15-37(40)31-44-39-18-6-4-14-33(39)28-29-41(44)47/h1-31H. The van der Waals surface area contributed by atoms with E-state index in [1.807, 2.05) is 36.4 Å². The van der Waals surface area contributed by atoms with Crippen molar-refractivity contribution in [1.29, 1.82) is 0 Å². The Hall–Kier alpha value is -7.43. The summed E-state index contributed by atoms with van der Waals surface area (Å²) in [5, 5.41) is 9.44. The van der Waals surface area contributed by atoms with Gasteiger partial charge in [-0.05, 0) is 78.8 Å². The first-order chi connectivity index (χ1) is 27.2. The van der Waals surface area contributed by atoms with Crippen LogP contribution in [0.1, 0.15) is 0 Å². The molecule has 0 spiro atoms. The molecule has 55 heavy (non-hydrogen) atoms. The van der Waals surface area contributed by atoms with Crippen molar-refractivity contribution >= 4 is 54.3 Å². The predicted octanol–water partition coefficient (Wildman–Crippen LogP) is 13.6. The quantitative estimate of drug-likeness (QED) is 0.132. The first kappa shape index (κ1) is 31.1. The molecular weight excluding hydrogens is 671 g/mol. The predicted molar refractivity (Wildman–Crippen MR) is 227 cm³/mol. The second-order valence-corrected chi connectivity index (χ2v) is 14.0. The number of benzene rings is 9. The summed E-state index contributed by atoms with van der Waals surface area (Å²) in [5.74, 6) is 1.81. The first-order valence-electron chi connectivity index (χ1n) is 18.5. The minimum Gasteiger partial charge on any atom is -0.456 e. The van der Waals surface area contributed by atoms with Crippen LogP contribution in [0.3, 0.4) is 0 Å². The largest absolute Gasteiger partial charge is 0.456 e. The van der Waals surface area contributed by atoms with Crippen LogP contribution in [0.2, 0.25) is 0 Å². The molecule has 256 valence electrons. The second kappa shape index (κ2) is 12.6. The van der Waals surface area contributed by atoms with Gasteiger partial charge >= 0.3 is 0 Å². The van der Waals surface area contributed by atoms with E-state index in [4.69, 9.17) is 19.4 Å². The zero-order valence-corrected chi connectivity index (χ0v) is 29.6. The summed E-state index contributed by atoms with van der Waals surface area (Å²) in [7, 11) is 0. The Morgan fingerprint density at radius 1 is 0.309 bits per heavy atom. The van der Waals surface area contributed by atoms with Crippen LogP contribution < -0.4 is 0 Å². The Balaban J connectivity index is 1.10. The van der Waals surface area contributed by atoms with Crippen LogP contribution in [0.4, 0.5) is 0 Å². The van der Waals surface area contributed by atoms with Crippen molar-refractivity contribution in [3.8, 4) is 56.4 Å². The lowest BCUT2D eigenvalue weighted by atomic mass is 9.89. The molecule has 2 heterocycles. The molecule has 0 saturated carbocycles. The summed E-state index contributed by atoms with van der Waals surface area (Å²) in [5.41, 5.74) is 8.96. The topological polar surface area (TPSA) is 51.8 Å². The van der Waals surface area contributed by atoms with E-state index in [1.54, 1.807) is 0 Å². The smallest absolute Gasteiger partial charge is 0.164 e. The lowest BCUT2D eigenvalue weighted by Gasteiger charge is -2.14. The van der Waals surface area contributed by atoms with Crippen LogP contribution in [0, 0.1) is 0 Å². The Morgan fingerprint density at radius 3 is 1.78 bits per heavy atom. The number of hydrogen-bond acceptors (Lipinski definition) is 4. The van der Waals surface area contributed by atoms with Gasteiger partial charge in [-0.3, -0.25) is 0 Å². The molecule has 0 bridgehead atoms. The molecule has 4 heteroatoms. The molecular formula is C51H31N3O. The third-order valence-corrected chi connectivity index (χ3v) is 10.7. The van der Waals surface area contributed by atoms with Gasteiger partial charge in [-0.25, -0.2) is 15.0 Å². The highest BCUT2D eigenvalue weighted by Gasteiger charge is 2.19. The Bertz CT molecular complexity index is 3260. The summed E-state index contributed by atoms with van der Waals surface area (Å²) >= 11 is 0. The molecule has 0 N–H and O–H groups in total. The average molecular weight is 702 g/mol. The van der Waals surface area contributed by atoms with Gasteiger partial charge in [-0.1, -0.05) is 164 Å². The highest BCUT2D eigenvalue weighted by molar-refractivity contribution is 6.20. The highest BCUT2D eigenvalue weighted by atomic mass is 16.3. The van der Waals surface area contributed by atoms with Gasteiger partial charge in [0.05, 0.1) is 0 Å². The lowest BCUT2D eigenvalue weighted by molar-refractivity contribution is 0.669. The maximum absolute atomic E-state index is 6.28. The maximum atomic E-state index is 6.28. The average Bonchev–Trinajstić information content (AvgIpc) is 3.65. The second-order valence-electron chi connectivity index (χ2n) is 14.0. The summed E-state index contributed by atoms with van der Waals surface area (Å²) in [6.45, 7) is 0. The van der Waals surface area contributed by atoms with Crippen molar-refractivity contribution in [2.24, 2.45) is 0 Å². The van der Waals surface area contributed by atoms with Crippen LogP contribution >= 0.6 is 0 Å². The van der Waals surface area contributed by atoms with E-state index in [0.29, 0.717) is 17.5 Å². The number of nitrogens with zero attached hydrogens (tertiary/aromatic N) is 3. The molecule has 0 aliphatic carbocycles. The molecule has 4 nitrogen and oxygen atoms in total. The molecule has 0 fully saturated rings. The van der Waals surface area contributed by atoms with Gasteiger partial charge in [0, 0.05) is 27.5 Å². The van der Waals surface area contributed by atoms with Crippen LogP contribution in [-0.2, 0) is 0 Å². The van der Waals surface area contributed by atoms with E-state index in [9.17, 15) is 0 Å². The van der Waals surface area contributed by atoms with Crippen molar-refractivity contribution < 1.29 is 4.42 Å². The number of aromatic nitrogens is 3. The van der Waals surface area contributed by atoms with Gasteiger partial charge in [0.2, 0.25) is 0 Å². The molecule has 0 atom stereocenters. The molecule has 0 radical (unpaired) electrons. The maximum Gasteiger partial charge on any atom is 0.164 e. The molecule has 0 aliphatic rings. The normalized spacial score (nSPS) is 11.6. The van der Waals surface area contributed by atoms with Crippen LogP contribution in [0.25, 0.3) is 111 Å². The minimum atomic E-state index is 0.596. The first-order valence-corrected chi connectivity index (χ1v) is 18.5. The van der Waals surface area contributed by atoms with Crippen LogP contribution in [0.15, 0.2) is 192 Å². The van der Waals surface area contributed by atoms with E-state index in [1.165, 1.54) is 37.9 Å². The van der Waals surface area contributed by atoms with Crippen molar-refractivity contribution in [1.82, 2.24) is 15.0 Å². The Morgan fingerprint density at radius 2 is 0.927 bits per heavy atom. The number of fused-ring (bicyclic) bond motifs is 7. The molecule has 11 rings (SSSR count). The van der Waals surface area contributed by atoms with Crippen molar-refractivity contribution in [3.63, 3.8) is 0 Å². The van der Waals surface area contributed by atoms with E-state index >= 15 is 0 Å². The number of furan rings is 1. The number of para-hydroxylation sites is 1. The van der Waals surface area contributed by atoms with Gasteiger partial charge in [0.1, 0.15) is 11.2 Å². The number of hydrogen-bond donors (Lipinski definition) is 0. The van der Waals surface area contributed by atoms with Crippen LogP contribution in [0.5, 0.6) is 0 Å². The molecule has 9 aromatic carbocycles. The summed E-state index contributed by atoms with van der Waals surface area (Å²) in [6.07, 6.45) is 0. The zero-order chi connectivity index (χ0) is 36.3. The molecule has 0 saturated heterocycles. The van der Waals surface area contributed by atoms with Crippen molar-refractivity contribution in [2.75, 3.05) is 0 Å². The van der Waals surface area contributed by atoms with Gasteiger partial charge < -0.3 is 4.42 Å². The summed E-state index contributed by atoms with van der Waals surface area (Å²) in [6, 6.07) is 65.8. The van der Waals surface area contributed by atoms with Gasteiger partial charge in [0.15, 0.2) is 17.5 Å². The van der Waals surface area contributed by atoms with Crippen molar-refractivity contribution in [3.05, 3.63) is 188 Å². The Kier molecular flexibility index (Phi) is 7.14. The molecule has 11 aromatic rings. The Labute approximate surface area is 317 Å².